The number of methoxy groups -OCH3 is 1. The Morgan fingerprint density at radius 1 is 1.27 bits per heavy atom. The maximum Gasteiger partial charge on any atom is 0.243 e. The number of hydrogen-bond acceptors (Lipinski definition) is 4. The lowest BCUT2D eigenvalue weighted by Gasteiger charge is -2.19. The van der Waals surface area contributed by atoms with Gasteiger partial charge >= 0.3 is 0 Å². The minimum atomic E-state index is -0.0413. The Hall–Kier alpha value is -2.69. The van der Waals surface area contributed by atoms with E-state index in [-0.39, 0.29) is 5.91 Å². The van der Waals surface area contributed by atoms with Gasteiger partial charge in [0, 0.05) is 23.6 Å². The SMILES string of the molecule is COc1ccc(NC(=O)CN2CCc3ccc(N)cc32)cc1. The Kier molecular flexibility index (Phi) is 3.87. The van der Waals surface area contributed by atoms with Gasteiger partial charge in [-0.15, -0.1) is 0 Å². The van der Waals surface area contributed by atoms with E-state index in [2.05, 4.69) is 10.2 Å². The van der Waals surface area contributed by atoms with E-state index in [4.69, 9.17) is 10.5 Å². The third-order valence-electron chi connectivity index (χ3n) is 3.81. The van der Waals surface area contributed by atoms with Crippen LogP contribution < -0.4 is 20.7 Å². The van der Waals surface area contributed by atoms with Crippen molar-refractivity contribution in [3.63, 3.8) is 0 Å². The summed E-state index contributed by atoms with van der Waals surface area (Å²) >= 11 is 0. The average Bonchev–Trinajstić information content (AvgIpc) is 2.90. The second-order valence-corrected chi connectivity index (χ2v) is 5.34. The van der Waals surface area contributed by atoms with E-state index in [1.807, 2.05) is 42.5 Å². The first-order chi connectivity index (χ1) is 10.7. The standard InChI is InChI=1S/C17H19N3O2/c1-22-15-6-4-14(5-7-15)19-17(21)11-20-9-8-12-2-3-13(18)10-16(12)20/h2-7,10H,8-9,11,18H2,1H3,(H,19,21). The first-order valence-corrected chi connectivity index (χ1v) is 7.23. The van der Waals surface area contributed by atoms with Crippen LogP contribution in [0.5, 0.6) is 5.75 Å². The molecule has 1 amide bonds. The molecule has 0 aliphatic carbocycles. The maximum absolute atomic E-state index is 12.2. The molecule has 1 aliphatic rings. The van der Waals surface area contributed by atoms with Crippen LogP contribution in [0.15, 0.2) is 42.5 Å². The molecule has 3 rings (SSSR count). The molecule has 2 aromatic carbocycles. The van der Waals surface area contributed by atoms with Gasteiger partial charge in [-0.2, -0.15) is 0 Å². The van der Waals surface area contributed by atoms with Crippen LogP contribution >= 0.6 is 0 Å². The topological polar surface area (TPSA) is 67.6 Å². The van der Waals surface area contributed by atoms with Gasteiger partial charge in [0.1, 0.15) is 5.75 Å². The number of benzene rings is 2. The predicted octanol–water partition coefficient (Wildman–Crippen LogP) is 2.28. The van der Waals surface area contributed by atoms with Gasteiger partial charge in [0.05, 0.1) is 13.7 Å². The van der Waals surface area contributed by atoms with Crippen molar-refractivity contribution < 1.29 is 9.53 Å². The van der Waals surface area contributed by atoms with Crippen LogP contribution in [-0.2, 0) is 11.2 Å². The van der Waals surface area contributed by atoms with Crippen LogP contribution in [0.25, 0.3) is 0 Å². The average molecular weight is 297 g/mol. The molecule has 0 saturated carbocycles. The number of nitrogens with two attached hydrogens (primary N) is 1. The van der Waals surface area contributed by atoms with Gasteiger partial charge in [0.15, 0.2) is 0 Å². The molecule has 3 N–H and O–H groups in total. The Bertz CT molecular complexity index is 683. The zero-order valence-corrected chi connectivity index (χ0v) is 12.5. The number of carbonyl (C=O) groups excluding carboxylic acids is 1. The number of nitrogen functional groups attached to an aromatic ring is 1. The molecule has 0 radical (unpaired) electrons. The molecule has 114 valence electrons. The van der Waals surface area contributed by atoms with Gasteiger partial charge < -0.3 is 20.7 Å². The van der Waals surface area contributed by atoms with Crippen molar-refractivity contribution in [3.8, 4) is 5.75 Å². The van der Waals surface area contributed by atoms with Crippen molar-refractivity contribution in [2.45, 2.75) is 6.42 Å². The lowest BCUT2D eigenvalue weighted by atomic mass is 10.1. The minimum absolute atomic E-state index is 0.0413. The Morgan fingerprint density at radius 3 is 2.77 bits per heavy atom. The molecule has 0 saturated heterocycles. The van der Waals surface area contributed by atoms with Crippen molar-refractivity contribution in [2.24, 2.45) is 0 Å². The highest BCUT2D eigenvalue weighted by Crippen LogP contribution is 2.29. The number of nitrogens with one attached hydrogen (secondary N) is 1. The molecule has 22 heavy (non-hydrogen) atoms. The highest BCUT2D eigenvalue weighted by molar-refractivity contribution is 5.94. The second-order valence-electron chi connectivity index (χ2n) is 5.34. The molecule has 0 fully saturated rings. The van der Waals surface area contributed by atoms with Crippen molar-refractivity contribution in [1.82, 2.24) is 0 Å². The molecule has 0 spiro atoms. The quantitative estimate of drug-likeness (QED) is 0.850. The Balaban J connectivity index is 1.64. The van der Waals surface area contributed by atoms with Crippen LogP contribution in [0, 0.1) is 0 Å². The van der Waals surface area contributed by atoms with Gasteiger partial charge in [-0.05, 0) is 48.4 Å². The summed E-state index contributed by atoms with van der Waals surface area (Å²) in [5, 5.41) is 2.90. The predicted molar refractivity (Wildman–Crippen MR) is 88.4 cm³/mol. The molecule has 0 unspecified atom stereocenters. The van der Waals surface area contributed by atoms with E-state index in [0.717, 1.165) is 35.8 Å². The summed E-state index contributed by atoms with van der Waals surface area (Å²) < 4.78 is 5.10. The Morgan fingerprint density at radius 2 is 2.05 bits per heavy atom. The molecular formula is C17H19N3O2. The molecule has 0 aromatic heterocycles. The number of ether oxygens (including phenoxy) is 1. The van der Waals surface area contributed by atoms with Crippen LogP contribution in [0.2, 0.25) is 0 Å². The summed E-state index contributed by atoms with van der Waals surface area (Å²) in [6.45, 7) is 1.16. The van der Waals surface area contributed by atoms with Gasteiger partial charge in [-0.25, -0.2) is 0 Å². The molecule has 1 heterocycles. The highest BCUT2D eigenvalue weighted by Gasteiger charge is 2.21. The van der Waals surface area contributed by atoms with Crippen molar-refractivity contribution >= 4 is 23.0 Å². The number of hydrogen-bond donors (Lipinski definition) is 2. The van der Waals surface area contributed by atoms with E-state index in [0.29, 0.717) is 6.54 Å². The molecule has 5 heteroatoms. The smallest absolute Gasteiger partial charge is 0.243 e. The van der Waals surface area contributed by atoms with Crippen molar-refractivity contribution in [2.75, 3.05) is 36.1 Å². The third kappa shape index (κ3) is 2.98. The van der Waals surface area contributed by atoms with E-state index in [9.17, 15) is 4.79 Å². The lowest BCUT2D eigenvalue weighted by molar-refractivity contribution is -0.115. The number of rotatable bonds is 4. The van der Waals surface area contributed by atoms with Crippen LogP contribution in [-0.4, -0.2) is 26.1 Å². The van der Waals surface area contributed by atoms with Gasteiger partial charge in [0.25, 0.3) is 0 Å². The zero-order valence-electron chi connectivity index (χ0n) is 12.5. The molecule has 1 aliphatic heterocycles. The van der Waals surface area contributed by atoms with Gasteiger partial charge in [-0.3, -0.25) is 4.79 Å². The fraction of sp³-hybridized carbons (Fsp3) is 0.235. The summed E-state index contributed by atoms with van der Waals surface area (Å²) in [6, 6.07) is 13.2. The second kappa shape index (κ2) is 5.97. The lowest BCUT2D eigenvalue weighted by Crippen LogP contribution is -2.31. The van der Waals surface area contributed by atoms with Crippen molar-refractivity contribution in [1.29, 1.82) is 0 Å². The Labute approximate surface area is 129 Å². The molecule has 0 atom stereocenters. The van der Waals surface area contributed by atoms with Crippen LogP contribution in [0.1, 0.15) is 5.56 Å². The fourth-order valence-electron chi connectivity index (χ4n) is 2.67. The summed E-state index contributed by atoms with van der Waals surface area (Å²) in [5.41, 5.74) is 9.62. The summed E-state index contributed by atoms with van der Waals surface area (Å²) in [4.78, 5) is 14.3. The van der Waals surface area contributed by atoms with Gasteiger partial charge in [-0.1, -0.05) is 6.07 Å². The minimum Gasteiger partial charge on any atom is -0.497 e. The summed E-state index contributed by atoms with van der Waals surface area (Å²) in [6.07, 6.45) is 0.950. The highest BCUT2D eigenvalue weighted by atomic mass is 16.5. The summed E-state index contributed by atoms with van der Waals surface area (Å²) in [5.74, 6) is 0.724. The van der Waals surface area contributed by atoms with E-state index in [1.54, 1.807) is 7.11 Å². The van der Waals surface area contributed by atoms with E-state index in [1.165, 1.54) is 5.56 Å². The fourth-order valence-corrected chi connectivity index (χ4v) is 2.67. The monoisotopic (exact) mass is 297 g/mol. The first kappa shape index (κ1) is 14.3. The number of carbonyl (C=O) groups is 1. The van der Waals surface area contributed by atoms with Crippen LogP contribution in [0.4, 0.5) is 17.1 Å². The van der Waals surface area contributed by atoms with E-state index >= 15 is 0 Å². The zero-order chi connectivity index (χ0) is 15.5. The molecule has 5 nitrogen and oxygen atoms in total. The third-order valence-corrected chi connectivity index (χ3v) is 3.81. The van der Waals surface area contributed by atoms with Crippen molar-refractivity contribution in [3.05, 3.63) is 48.0 Å². The molecule has 2 aromatic rings. The number of nitrogens with zero attached hydrogens (tertiary/aromatic N) is 1. The maximum atomic E-state index is 12.2. The van der Waals surface area contributed by atoms with Crippen LogP contribution in [0.3, 0.4) is 0 Å². The number of fused-ring (bicyclic) bond motifs is 1. The van der Waals surface area contributed by atoms with E-state index < -0.39 is 0 Å². The van der Waals surface area contributed by atoms with Gasteiger partial charge in [0.2, 0.25) is 5.91 Å². The normalized spacial score (nSPS) is 12.9. The number of amides is 1. The summed E-state index contributed by atoms with van der Waals surface area (Å²) in [7, 11) is 1.62. The number of anilines is 3. The largest absolute Gasteiger partial charge is 0.497 e. The first-order valence-electron chi connectivity index (χ1n) is 7.23. The molecular weight excluding hydrogens is 278 g/mol. The molecule has 0 bridgehead atoms.